The average Bonchev–Trinajstić information content (AvgIpc) is 3.07. The Morgan fingerprint density at radius 3 is 2.40 bits per heavy atom. The van der Waals surface area contributed by atoms with Crippen molar-refractivity contribution in [3.8, 4) is 11.1 Å². The van der Waals surface area contributed by atoms with Crippen LogP contribution in [0.3, 0.4) is 0 Å². The Kier molecular flexibility index (Phi) is 9.71. The van der Waals surface area contributed by atoms with Crippen molar-refractivity contribution in [2.45, 2.75) is 56.0 Å². The normalized spacial score (nSPS) is 15.4. The summed E-state index contributed by atoms with van der Waals surface area (Å²) in [5.74, 6) is -0.772. The highest BCUT2D eigenvalue weighted by Crippen LogP contribution is 2.40. The number of hydrogen-bond donors (Lipinski definition) is 4. The summed E-state index contributed by atoms with van der Waals surface area (Å²) in [5.41, 5.74) is 8.16. The molecule has 0 saturated carbocycles. The van der Waals surface area contributed by atoms with E-state index in [4.69, 9.17) is 5.73 Å². The summed E-state index contributed by atoms with van der Waals surface area (Å²) in [7, 11) is 1.54. The molecule has 4 rings (SSSR count). The molecule has 4 amide bonds. The zero-order chi connectivity index (χ0) is 31.4. The number of benzene rings is 3. The fourth-order valence-corrected chi connectivity index (χ4v) is 5.81. The second-order valence-electron chi connectivity index (χ2n) is 11.0. The van der Waals surface area contributed by atoms with E-state index >= 15 is 0 Å². The molecule has 1 aliphatic rings. The number of carbonyl (C=O) groups excluding carboxylic acids is 3. The van der Waals surface area contributed by atoms with Crippen molar-refractivity contribution in [1.82, 2.24) is 16.0 Å². The van der Waals surface area contributed by atoms with Crippen molar-refractivity contribution >= 4 is 35.3 Å². The maximum absolute atomic E-state index is 13.8. The Morgan fingerprint density at radius 1 is 1.05 bits per heavy atom. The molecule has 1 aliphatic heterocycles. The lowest BCUT2D eigenvalue weighted by Crippen LogP contribution is -2.51. The van der Waals surface area contributed by atoms with Crippen LogP contribution in [0.5, 0.6) is 0 Å². The van der Waals surface area contributed by atoms with Crippen LogP contribution in [-0.2, 0) is 28.9 Å². The lowest BCUT2D eigenvalue weighted by Gasteiger charge is -2.27. The topological polar surface area (TPSA) is 117 Å². The van der Waals surface area contributed by atoms with Gasteiger partial charge in [0.05, 0.1) is 17.8 Å². The van der Waals surface area contributed by atoms with Gasteiger partial charge in [0.2, 0.25) is 5.91 Å². The number of hydrogen-bond acceptors (Lipinski definition) is 5. The van der Waals surface area contributed by atoms with E-state index in [2.05, 4.69) is 16.0 Å². The first-order valence-electron chi connectivity index (χ1n) is 13.6. The van der Waals surface area contributed by atoms with Gasteiger partial charge in [0, 0.05) is 36.2 Å². The van der Waals surface area contributed by atoms with Gasteiger partial charge < -0.3 is 26.6 Å². The number of urea groups is 1. The lowest BCUT2D eigenvalue weighted by molar-refractivity contribution is -0.137. The van der Waals surface area contributed by atoms with Crippen LogP contribution in [0.2, 0.25) is 0 Å². The molecule has 12 heteroatoms. The summed E-state index contributed by atoms with van der Waals surface area (Å²) in [4.78, 5) is 39.8. The Hall–Kier alpha value is -4.03. The van der Waals surface area contributed by atoms with Gasteiger partial charge in [-0.15, -0.1) is 11.8 Å². The van der Waals surface area contributed by atoms with Gasteiger partial charge in [0.1, 0.15) is 6.04 Å². The second-order valence-corrected chi connectivity index (χ2v) is 12.0. The molecule has 0 spiro atoms. The van der Waals surface area contributed by atoms with Gasteiger partial charge in [-0.2, -0.15) is 13.2 Å². The Balaban J connectivity index is 1.62. The Morgan fingerprint density at radius 2 is 1.74 bits per heavy atom. The highest BCUT2D eigenvalue weighted by molar-refractivity contribution is 7.99. The third-order valence-corrected chi connectivity index (χ3v) is 7.93. The van der Waals surface area contributed by atoms with Crippen molar-refractivity contribution in [1.29, 1.82) is 0 Å². The summed E-state index contributed by atoms with van der Waals surface area (Å²) in [6.45, 7) is 3.78. The highest BCUT2D eigenvalue weighted by atomic mass is 32.2. The fourth-order valence-electron chi connectivity index (χ4n) is 4.70. The number of carbonyl (C=O) groups is 3. The molecule has 3 aromatic rings. The highest BCUT2D eigenvalue weighted by Gasteiger charge is 2.36. The van der Waals surface area contributed by atoms with Crippen molar-refractivity contribution in [3.63, 3.8) is 0 Å². The first kappa shape index (κ1) is 31.9. The second kappa shape index (κ2) is 13.1. The average molecular weight is 614 g/mol. The molecule has 0 bridgehead atoms. The number of amides is 4. The van der Waals surface area contributed by atoms with E-state index in [0.29, 0.717) is 17.1 Å². The summed E-state index contributed by atoms with van der Waals surface area (Å²) in [6, 6.07) is 17.2. The number of nitrogens with zero attached hydrogens (tertiary/aromatic N) is 1. The minimum absolute atomic E-state index is 0.0197. The Bertz CT molecular complexity index is 1490. The predicted octanol–water partition coefficient (Wildman–Crippen LogP) is 5.05. The number of nitrogens with two attached hydrogens (primary N) is 1. The van der Waals surface area contributed by atoms with Gasteiger partial charge in [0.25, 0.3) is 5.91 Å². The molecule has 5 N–H and O–H groups in total. The molecule has 8 nitrogen and oxygen atoms in total. The monoisotopic (exact) mass is 613 g/mol. The van der Waals surface area contributed by atoms with E-state index in [1.54, 1.807) is 20.9 Å². The maximum Gasteiger partial charge on any atom is 0.416 e. The summed E-state index contributed by atoms with van der Waals surface area (Å²) in [5, 5.41) is 8.04. The van der Waals surface area contributed by atoms with E-state index < -0.39 is 35.1 Å². The summed E-state index contributed by atoms with van der Waals surface area (Å²) in [6.07, 6.45) is -4.56. The van der Waals surface area contributed by atoms with Crippen molar-refractivity contribution in [3.05, 3.63) is 83.4 Å². The molecule has 0 radical (unpaired) electrons. The first-order chi connectivity index (χ1) is 20.2. The van der Waals surface area contributed by atoms with Crippen LogP contribution < -0.4 is 26.6 Å². The minimum atomic E-state index is -4.54. The number of anilines is 1. The zero-order valence-corrected chi connectivity index (χ0v) is 24.9. The van der Waals surface area contributed by atoms with E-state index in [1.807, 2.05) is 48.5 Å². The van der Waals surface area contributed by atoms with Crippen LogP contribution in [0.4, 0.5) is 23.7 Å². The third kappa shape index (κ3) is 8.29. The number of thioether (sulfide) groups is 1. The zero-order valence-electron chi connectivity index (χ0n) is 24.0. The number of halogens is 3. The minimum Gasteiger partial charge on any atom is -0.343 e. The number of fused-ring (bicyclic) bond motifs is 1. The van der Waals surface area contributed by atoms with Gasteiger partial charge in [-0.05, 0) is 54.3 Å². The van der Waals surface area contributed by atoms with Crippen molar-refractivity contribution in [2.75, 3.05) is 17.7 Å². The predicted molar refractivity (Wildman–Crippen MR) is 161 cm³/mol. The SMILES string of the molecule is CNC(=O)NCc1ccccc1-c1ccc(CN2C(=O)[C@H](NC(=O)CC(C)(C)N)CSc3cc(C(F)(F)F)ccc32)cc1. The van der Waals surface area contributed by atoms with Crippen LogP contribution in [0, 0.1) is 0 Å². The molecular weight excluding hydrogens is 579 g/mol. The van der Waals surface area contributed by atoms with Crippen LogP contribution >= 0.6 is 11.8 Å². The van der Waals surface area contributed by atoms with Gasteiger partial charge in [0.15, 0.2) is 0 Å². The van der Waals surface area contributed by atoms with Gasteiger partial charge in [-0.3, -0.25) is 9.59 Å². The molecule has 3 aromatic carbocycles. The Labute approximate surface area is 252 Å². The largest absolute Gasteiger partial charge is 0.416 e. The fraction of sp³-hybridized carbons (Fsp3) is 0.323. The van der Waals surface area contributed by atoms with E-state index in [9.17, 15) is 27.6 Å². The number of nitrogens with one attached hydrogen (secondary N) is 3. The summed E-state index contributed by atoms with van der Waals surface area (Å²) >= 11 is 1.09. The smallest absolute Gasteiger partial charge is 0.343 e. The van der Waals surface area contributed by atoms with Crippen molar-refractivity contribution < 1.29 is 27.6 Å². The molecule has 228 valence electrons. The molecule has 0 aromatic heterocycles. The molecule has 0 saturated heterocycles. The first-order valence-corrected chi connectivity index (χ1v) is 14.6. The standard InChI is InChI=1S/C31H34F3N5O3S/c1-30(2,35)15-27(40)38-24-18-43-26-14-22(31(32,33)34)12-13-25(26)39(28(24)41)17-19-8-10-20(11-9-19)23-7-5-4-6-21(23)16-37-29(42)36-3/h4-14,24H,15-18,35H2,1-3H3,(H,38,40)(H2,36,37,42)/t24-/m1/s1. The quantitative estimate of drug-likeness (QED) is 0.284. The van der Waals surface area contributed by atoms with E-state index in [1.165, 1.54) is 11.0 Å². The van der Waals surface area contributed by atoms with Crippen molar-refractivity contribution in [2.24, 2.45) is 5.73 Å². The van der Waals surface area contributed by atoms with Crippen LogP contribution in [-0.4, -0.2) is 42.2 Å². The molecule has 0 aliphatic carbocycles. The van der Waals surface area contributed by atoms with E-state index in [0.717, 1.165) is 46.1 Å². The molecule has 43 heavy (non-hydrogen) atoms. The molecule has 0 unspecified atom stereocenters. The van der Waals surface area contributed by atoms with Gasteiger partial charge >= 0.3 is 12.2 Å². The lowest BCUT2D eigenvalue weighted by atomic mass is 9.98. The molecule has 0 fully saturated rings. The van der Waals surface area contributed by atoms with Gasteiger partial charge in [-0.25, -0.2) is 4.79 Å². The molecular formula is C31H34F3N5O3S. The van der Waals surface area contributed by atoms with Crippen LogP contribution in [0.1, 0.15) is 37.0 Å². The van der Waals surface area contributed by atoms with Crippen LogP contribution in [0.15, 0.2) is 71.6 Å². The van der Waals surface area contributed by atoms with Gasteiger partial charge in [-0.1, -0.05) is 48.5 Å². The van der Waals surface area contributed by atoms with E-state index in [-0.39, 0.29) is 24.7 Å². The number of rotatable bonds is 8. The maximum atomic E-state index is 13.8. The number of alkyl halides is 3. The third-order valence-electron chi connectivity index (χ3n) is 6.79. The molecule has 1 atom stereocenters. The molecule has 1 heterocycles. The summed E-state index contributed by atoms with van der Waals surface area (Å²) < 4.78 is 40.5. The van der Waals surface area contributed by atoms with Crippen LogP contribution in [0.25, 0.3) is 11.1 Å².